The maximum absolute atomic E-state index is 10.7. The van der Waals surface area contributed by atoms with Gasteiger partial charge in [-0.3, -0.25) is 10.1 Å². The second kappa shape index (κ2) is 6.70. The predicted molar refractivity (Wildman–Crippen MR) is 64.6 cm³/mol. The lowest BCUT2D eigenvalue weighted by atomic mass is 10.2. The monoisotopic (exact) mass is 240 g/mol. The van der Waals surface area contributed by atoms with Crippen LogP contribution in [0.5, 0.6) is 5.75 Å². The van der Waals surface area contributed by atoms with Gasteiger partial charge in [0, 0.05) is 31.5 Å². The highest BCUT2D eigenvalue weighted by atomic mass is 16.6. The molecule has 94 valence electrons. The van der Waals surface area contributed by atoms with Crippen molar-refractivity contribution < 1.29 is 14.4 Å². The molecule has 0 aliphatic heterocycles. The molecule has 0 aromatic heterocycles. The lowest BCUT2D eigenvalue weighted by Crippen LogP contribution is -2.05. The van der Waals surface area contributed by atoms with E-state index in [2.05, 4.69) is 5.32 Å². The number of methoxy groups -OCH3 is 1. The zero-order chi connectivity index (χ0) is 12.7. The Bertz CT molecular complexity index is 382. The van der Waals surface area contributed by atoms with Crippen LogP contribution in [-0.4, -0.2) is 31.8 Å². The van der Waals surface area contributed by atoms with E-state index in [0.717, 1.165) is 0 Å². The molecule has 0 bridgehead atoms. The molecule has 1 rings (SSSR count). The Kier molecular flexibility index (Phi) is 5.22. The van der Waals surface area contributed by atoms with E-state index in [1.165, 1.54) is 12.1 Å². The predicted octanol–water partition coefficient (Wildman–Crippen LogP) is 2.05. The van der Waals surface area contributed by atoms with Crippen LogP contribution in [0.15, 0.2) is 18.2 Å². The molecule has 0 unspecified atom stereocenters. The van der Waals surface area contributed by atoms with Crippen LogP contribution < -0.4 is 10.1 Å². The molecule has 0 saturated heterocycles. The molecule has 0 radical (unpaired) electrons. The third-order valence-electron chi connectivity index (χ3n) is 2.04. The number of nitrogens with zero attached hydrogens (tertiary/aromatic N) is 1. The van der Waals surface area contributed by atoms with Gasteiger partial charge < -0.3 is 14.8 Å². The van der Waals surface area contributed by atoms with Gasteiger partial charge in [-0.1, -0.05) is 0 Å². The maximum Gasteiger partial charge on any atom is 0.275 e. The second-order valence-electron chi connectivity index (χ2n) is 3.34. The van der Waals surface area contributed by atoms with E-state index in [4.69, 9.17) is 9.47 Å². The summed E-state index contributed by atoms with van der Waals surface area (Å²) < 4.78 is 10.2. The van der Waals surface area contributed by atoms with Gasteiger partial charge in [-0.25, -0.2) is 0 Å². The first-order valence-corrected chi connectivity index (χ1v) is 5.32. The third-order valence-corrected chi connectivity index (χ3v) is 2.04. The van der Waals surface area contributed by atoms with Gasteiger partial charge in [0.1, 0.15) is 12.4 Å². The molecule has 6 heteroatoms. The van der Waals surface area contributed by atoms with Crippen molar-refractivity contribution in [2.24, 2.45) is 0 Å². The van der Waals surface area contributed by atoms with Crippen LogP contribution in [0.3, 0.4) is 0 Å². The van der Waals surface area contributed by atoms with Crippen LogP contribution in [0.2, 0.25) is 0 Å². The van der Waals surface area contributed by atoms with E-state index in [9.17, 15) is 10.1 Å². The molecule has 0 heterocycles. The summed E-state index contributed by atoms with van der Waals surface area (Å²) >= 11 is 0. The standard InChI is InChI=1S/C11H16N2O4/c1-3-12-9-6-10(13(14)15)8-11(7-9)17-5-4-16-2/h6-8,12H,3-5H2,1-2H3. The molecule has 0 fully saturated rings. The lowest BCUT2D eigenvalue weighted by Gasteiger charge is -2.08. The molecule has 1 N–H and O–H groups in total. The van der Waals surface area contributed by atoms with Crippen molar-refractivity contribution in [3.8, 4) is 5.75 Å². The molecule has 0 amide bonds. The quantitative estimate of drug-likeness (QED) is 0.448. The van der Waals surface area contributed by atoms with Crippen molar-refractivity contribution in [3.05, 3.63) is 28.3 Å². The highest BCUT2D eigenvalue weighted by Crippen LogP contribution is 2.25. The molecular weight excluding hydrogens is 224 g/mol. The molecule has 0 aliphatic rings. The average molecular weight is 240 g/mol. The molecule has 0 spiro atoms. The fraction of sp³-hybridized carbons (Fsp3) is 0.455. The maximum atomic E-state index is 10.7. The van der Waals surface area contributed by atoms with E-state index in [0.29, 0.717) is 31.2 Å². The first-order valence-electron chi connectivity index (χ1n) is 5.32. The van der Waals surface area contributed by atoms with Gasteiger partial charge in [0.05, 0.1) is 17.6 Å². The Morgan fingerprint density at radius 1 is 1.35 bits per heavy atom. The number of rotatable bonds is 7. The van der Waals surface area contributed by atoms with Crippen LogP contribution in [0.4, 0.5) is 11.4 Å². The van der Waals surface area contributed by atoms with Gasteiger partial charge in [0.2, 0.25) is 0 Å². The van der Waals surface area contributed by atoms with Gasteiger partial charge in [-0.2, -0.15) is 0 Å². The van der Waals surface area contributed by atoms with E-state index in [1.54, 1.807) is 13.2 Å². The summed E-state index contributed by atoms with van der Waals surface area (Å²) in [5.74, 6) is 0.465. The summed E-state index contributed by atoms with van der Waals surface area (Å²) in [4.78, 5) is 10.3. The summed E-state index contributed by atoms with van der Waals surface area (Å²) in [6.45, 7) is 3.42. The van der Waals surface area contributed by atoms with Gasteiger partial charge >= 0.3 is 0 Å². The summed E-state index contributed by atoms with van der Waals surface area (Å²) in [6, 6.07) is 4.61. The van der Waals surface area contributed by atoms with Crippen molar-refractivity contribution in [1.82, 2.24) is 0 Å². The summed E-state index contributed by atoms with van der Waals surface area (Å²) in [5.41, 5.74) is 0.685. The lowest BCUT2D eigenvalue weighted by molar-refractivity contribution is -0.384. The topological polar surface area (TPSA) is 73.6 Å². The van der Waals surface area contributed by atoms with E-state index < -0.39 is 4.92 Å². The van der Waals surface area contributed by atoms with Crippen LogP contribution in [0, 0.1) is 10.1 Å². The normalized spacial score (nSPS) is 10.0. The van der Waals surface area contributed by atoms with Crippen molar-refractivity contribution in [3.63, 3.8) is 0 Å². The number of nitro groups is 1. The Morgan fingerprint density at radius 2 is 2.12 bits per heavy atom. The first kappa shape index (κ1) is 13.2. The second-order valence-corrected chi connectivity index (χ2v) is 3.34. The minimum Gasteiger partial charge on any atom is -0.491 e. The summed E-state index contributed by atoms with van der Waals surface area (Å²) in [5, 5.41) is 13.8. The molecule has 6 nitrogen and oxygen atoms in total. The Labute approximate surface area is 99.7 Å². The van der Waals surface area contributed by atoms with Crippen LogP contribution >= 0.6 is 0 Å². The fourth-order valence-electron chi connectivity index (χ4n) is 1.32. The highest BCUT2D eigenvalue weighted by molar-refractivity contribution is 5.56. The van der Waals surface area contributed by atoms with Gasteiger partial charge in [0.25, 0.3) is 5.69 Å². The Balaban J connectivity index is 2.83. The number of hydrogen-bond acceptors (Lipinski definition) is 5. The van der Waals surface area contributed by atoms with E-state index in [1.807, 2.05) is 6.92 Å². The Hall–Kier alpha value is -1.82. The number of non-ortho nitro benzene ring substituents is 1. The van der Waals surface area contributed by atoms with Gasteiger partial charge in [-0.15, -0.1) is 0 Å². The van der Waals surface area contributed by atoms with Crippen LogP contribution in [-0.2, 0) is 4.74 Å². The zero-order valence-electron chi connectivity index (χ0n) is 9.93. The zero-order valence-corrected chi connectivity index (χ0v) is 9.93. The van der Waals surface area contributed by atoms with Crippen molar-refractivity contribution in [1.29, 1.82) is 0 Å². The van der Waals surface area contributed by atoms with E-state index >= 15 is 0 Å². The molecular formula is C11H16N2O4. The van der Waals surface area contributed by atoms with Crippen LogP contribution in [0.25, 0.3) is 0 Å². The molecule has 0 aliphatic carbocycles. The fourth-order valence-corrected chi connectivity index (χ4v) is 1.32. The molecule has 1 aromatic carbocycles. The van der Waals surface area contributed by atoms with E-state index in [-0.39, 0.29) is 5.69 Å². The number of benzene rings is 1. The first-order chi connectivity index (χ1) is 8.17. The average Bonchev–Trinajstić information content (AvgIpc) is 2.29. The molecule has 17 heavy (non-hydrogen) atoms. The van der Waals surface area contributed by atoms with Crippen molar-refractivity contribution in [2.75, 3.05) is 32.2 Å². The SMILES string of the molecule is CCNc1cc(OCCOC)cc([N+](=O)[O-])c1. The number of anilines is 1. The number of nitrogens with one attached hydrogen (secondary N) is 1. The summed E-state index contributed by atoms with van der Waals surface area (Å²) in [6.07, 6.45) is 0. The van der Waals surface area contributed by atoms with Crippen molar-refractivity contribution in [2.45, 2.75) is 6.92 Å². The highest BCUT2D eigenvalue weighted by Gasteiger charge is 2.10. The largest absolute Gasteiger partial charge is 0.491 e. The van der Waals surface area contributed by atoms with Gasteiger partial charge in [-0.05, 0) is 6.92 Å². The third kappa shape index (κ3) is 4.28. The number of ether oxygens (including phenoxy) is 2. The van der Waals surface area contributed by atoms with Crippen molar-refractivity contribution >= 4 is 11.4 Å². The molecule has 0 atom stereocenters. The molecule has 1 aromatic rings. The Morgan fingerprint density at radius 3 is 2.71 bits per heavy atom. The number of nitro benzene ring substituents is 1. The smallest absolute Gasteiger partial charge is 0.275 e. The summed E-state index contributed by atoms with van der Waals surface area (Å²) in [7, 11) is 1.57. The number of hydrogen-bond donors (Lipinski definition) is 1. The molecule has 0 saturated carbocycles. The van der Waals surface area contributed by atoms with Gasteiger partial charge in [0.15, 0.2) is 0 Å². The minimum atomic E-state index is -0.440. The minimum absolute atomic E-state index is 0.0101. The van der Waals surface area contributed by atoms with Crippen LogP contribution in [0.1, 0.15) is 6.92 Å².